The Morgan fingerprint density at radius 1 is 1.67 bits per heavy atom. The highest BCUT2D eigenvalue weighted by Crippen LogP contribution is 2.27. The summed E-state index contributed by atoms with van der Waals surface area (Å²) in [7, 11) is 0. The Balaban J connectivity index is 2.09. The van der Waals surface area contributed by atoms with Gasteiger partial charge in [0.25, 0.3) is 5.91 Å². The summed E-state index contributed by atoms with van der Waals surface area (Å²) in [6.45, 7) is 5.79. The topological polar surface area (TPSA) is 59.2 Å². The number of thiazole rings is 1. The molecule has 1 aromatic rings. The number of amides is 1. The monoisotopic (exact) mass is 267 g/mol. The number of likely N-dealkylation sites (tertiary alicyclic amines) is 1. The number of carbonyl (C=O) groups excluding carboxylic acids is 1. The van der Waals surface area contributed by atoms with Crippen LogP contribution >= 0.6 is 11.3 Å². The molecule has 100 valence electrons. The van der Waals surface area contributed by atoms with E-state index in [-0.39, 0.29) is 5.91 Å². The quantitative estimate of drug-likeness (QED) is 0.906. The number of rotatable bonds is 4. The summed E-state index contributed by atoms with van der Waals surface area (Å²) in [5.74, 6) is 0.687. The van der Waals surface area contributed by atoms with Crippen molar-refractivity contribution in [1.29, 1.82) is 0 Å². The molecule has 1 saturated heterocycles. The standard InChI is InChI=1S/C13H21N3OS/c1-3-10-6-9(2)7-16(10)13(17)11-8-18-12(15-11)4-5-14/h8-10H,3-7,14H2,1-2H3. The van der Waals surface area contributed by atoms with Crippen LogP contribution in [0.15, 0.2) is 5.38 Å². The van der Waals surface area contributed by atoms with Crippen LogP contribution in [-0.4, -0.2) is 34.9 Å². The van der Waals surface area contributed by atoms with Crippen LogP contribution in [0.1, 0.15) is 42.2 Å². The minimum absolute atomic E-state index is 0.0886. The maximum absolute atomic E-state index is 12.4. The van der Waals surface area contributed by atoms with Crippen LogP contribution < -0.4 is 5.73 Å². The second-order valence-electron chi connectivity index (χ2n) is 5.03. The van der Waals surface area contributed by atoms with Gasteiger partial charge in [0.05, 0.1) is 5.01 Å². The molecule has 1 amide bonds. The lowest BCUT2D eigenvalue weighted by Gasteiger charge is -2.22. The summed E-state index contributed by atoms with van der Waals surface area (Å²) < 4.78 is 0. The molecule has 18 heavy (non-hydrogen) atoms. The lowest BCUT2D eigenvalue weighted by atomic mass is 10.1. The van der Waals surface area contributed by atoms with E-state index in [1.807, 2.05) is 10.3 Å². The molecule has 4 nitrogen and oxygen atoms in total. The van der Waals surface area contributed by atoms with Crippen molar-refractivity contribution in [2.24, 2.45) is 11.7 Å². The van der Waals surface area contributed by atoms with Crippen LogP contribution in [0.25, 0.3) is 0 Å². The van der Waals surface area contributed by atoms with E-state index in [4.69, 9.17) is 5.73 Å². The summed E-state index contributed by atoms with van der Waals surface area (Å²) in [6, 6.07) is 0.382. The molecule has 0 bridgehead atoms. The van der Waals surface area contributed by atoms with Gasteiger partial charge in [-0.05, 0) is 25.3 Å². The normalized spacial score (nSPS) is 23.6. The van der Waals surface area contributed by atoms with E-state index in [9.17, 15) is 4.79 Å². The van der Waals surface area contributed by atoms with Gasteiger partial charge >= 0.3 is 0 Å². The first kappa shape index (κ1) is 13.5. The van der Waals surface area contributed by atoms with Gasteiger partial charge in [0.1, 0.15) is 5.69 Å². The van der Waals surface area contributed by atoms with Gasteiger partial charge in [-0.15, -0.1) is 11.3 Å². The van der Waals surface area contributed by atoms with E-state index in [2.05, 4.69) is 18.8 Å². The zero-order chi connectivity index (χ0) is 13.1. The Kier molecular flexibility index (Phi) is 4.35. The van der Waals surface area contributed by atoms with Crippen molar-refractivity contribution in [3.8, 4) is 0 Å². The fourth-order valence-corrected chi connectivity index (χ4v) is 3.37. The summed E-state index contributed by atoms with van der Waals surface area (Å²) in [5, 5.41) is 2.82. The maximum Gasteiger partial charge on any atom is 0.273 e. The van der Waals surface area contributed by atoms with Crippen molar-refractivity contribution >= 4 is 17.2 Å². The highest BCUT2D eigenvalue weighted by atomic mass is 32.1. The zero-order valence-corrected chi connectivity index (χ0v) is 11.9. The first-order chi connectivity index (χ1) is 8.65. The molecule has 5 heteroatoms. The van der Waals surface area contributed by atoms with Crippen LogP contribution in [0.5, 0.6) is 0 Å². The van der Waals surface area contributed by atoms with Crippen LogP contribution in [0.2, 0.25) is 0 Å². The molecular weight excluding hydrogens is 246 g/mol. The Morgan fingerprint density at radius 3 is 3.11 bits per heavy atom. The molecule has 0 saturated carbocycles. The van der Waals surface area contributed by atoms with E-state index >= 15 is 0 Å². The smallest absolute Gasteiger partial charge is 0.273 e. The van der Waals surface area contributed by atoms with E-state index < -0.39 is 0 Å². The number of aromatic nitrogens is 1. The van der Waals surface area contributed by atoms with Crippen molar-refractivity contribution in [1.82, 2.24) is 9.88 Å². The predicted molar refractivity (Wildman–Crippen MR) is 73.8 cm³/mol. The summed E-state index contributed by atoms with van der Waals surface area (Å²) >= 11 is 1.53. The van der Waals surface area contributed by atoms with Crippen LogP contribution in [0, 0.1) is 5.92 Å². The lowest BCUT2D eigenvalue weighted by Crippen LogP contribution is -2.35. The van der Waals surface area contributed by atoms with Crippen molar-refractivity contribution in [3.05, 3.63) is 16.1 Å². The summed E-state index contributed by atoms with van der Waals surface area (Å²) in [4.78, 5) is 18.8. The molecule has 2 N–H and O–H groups in total. The van der Waals surface area contributed by atoms with Gasteiger partial charge in [-0.2, -0.15) is 0 Å². The average Bonchev–Trinajstić information content (AvgIpc) is 2.95. The second-order valence-corrected chi connectivity index (χ2v) is 5.97. The third-order valence-electron chi connectivity index (χ3n) is 3.48. The fourth-order valence-electron chi connectivity index (χ4n) is 2.58. The molecule has 2 unspecified atom stereocenters. The number of nitrogens with two attached hydrogens (primary N) is 1. The lowest BCUT2D eigenvalue weighted by molar-refractivity contribution is 0.0725. The molecular formula is C13H21N3OS. The maximum atomic E-state index is 12.4. The largest absolute Gasteiger partial charge is 0.334 e. The highest BCUT2D eigenvalue weighted by molar-refractivity contribution is 7.09. The SMILES string of the molecule is CCC1CC(C)CN1C(=O)c1csc(CCN)n1. The van der Waals surface area contributed by atoms with Gasteiger partial charge in [0, 0.05) is 24.4 Å². The third kappa shape index (κ3) is 2.72. The number of carbonyl (C=O) groups is 1. The molecule has 2 heterocycles. The average molecular weight is 267 g/mol. The Hall–Kier alpha value is -0.940. The van der Waals surface area contributed by atoms with Crippen LogP contribution in [-0.2, 0) is 6.42 Å². The molecule has 2 rings (SSSR count). The van der Waals surface area contributed by atoms with E-state index in [0.717, 1.165) is 30.8 Å². The van der Waals surface area contributed by atoms with Crippen molar-refractivity contribution in [2.75, 3.05) is 13.1 Å². The minimum Gasteiger partial charge on any atom is -0.334 e. The van der Waals surface area contributed by atoms with Gasteiger partial charge in [-0.25, -0.2) is 4.98 Å². The number of nitrogens with zero attached hydrogens (tertiary/aromatic N) is 2. The van der Waals surface area contributed by atoms with Gasteiger partial charge in [0.15, 0.2) is 0 Å². The third-order valence-corrected chi connectivity index (χ3v) is 4.39. The molecule has 1 fully saturated rings. The molecule has 1 aliphatic heterocycles. The first-order valence-corrected chi connectivity index (χ1v) is 7.49. The van der Waals surface area contributed by atoms with Crippen molar-refractivity contribution < 1.29 is 4.79 Å². The second kappa shape index (κ2) is 5.80. The highest BCUT2D eigenvalue weighted by Gasteiger charge is 2.33. The predicted octanol–water partition coefficient (Wildman–Crippen LogP) is 1.90. The first-order valence-electron chi connectivity index (χ1n) is 6.61. The van der Waals surface area contributed by atoms with Gasteiger partial charge in [-0.1, -0.05) is 13.8 Å². The van der Waals surface area contributed by atoms with Crippen LogP contribution in [0.3, 0.4) is 0 Å². The Bertz CT molecular complexity index is 418. The molecule has 0 aromatic carbocycles. The van der Waals surface area contributed by atoms with Gasteiger partial charge < -0.3 is 10.6 Å². The van der Waals surface area contributed by atoms with Gasteiger partial charge in [0.2, 0.25) is 0 Å². The Morgan fingerprint density at radius 2 is 2.44 bits per heavy atom. The Labute approximate surface area is 112 Å². The van der Waals surface area contributed by atoms with Gasteiger partial charge in [-0.3, -0.25) is 4.79 Å². The minimum atomic E-state index is 0.0886. The van der Waals surface area contributed by atoms with E-state index in [1.54, 1.807) is 0 Å². The zero-order valence-electron chi connectivity index (χ0n) is 11.1. The van der Waals surface area contributed by atoms with E-state index in [1.165, 1.54) is 11.3 Å². The molecule has 2 atom stereocenters. The van der Waals surface area contributed by atoms with E-state index in [0.29, 0.717) is 24.2 Å². The molecule has 1 aromatic heterocycles. The van der Waals surface area contributed by atoms with Crippen molar-refractivity contribution in [3.63, 3.8) is 0 Å². The van der Waals surface area contributed by atoms with Crippen molar-refractivity contribution in [2.45, 2.75) is 39.2 Å². The van der Waals surface area contributed by atoms with Crippen LogP contribution in [0.4, 0.5) is 0 Å². The summed E-state index contributed by atoms with van der Waals surface area (Å²) in [5.41, 5.74) is 6.09. The summed E-state index contributed by atoms with van der Waals surface area (Å²) in [6.07, 6.45) is 2.89. The fraction of sp³-hybridized carbons (Fsp3) is 0.692. The molecule has 0 spiro atoms. The molecule has 0 radical (unpaired) electrons. The number of hydrogen-bond acceptors (Lipinski definition) is 4. The molecule has 1 aliphatic rings. The number of hydrogen-bond donors (Lipinski definition) is 1. The molecule has 0 aliphatic carbocycles.